The highest BCUT2D eigenvalue weighted by Crippen LogP contribution is 2.29. The fourth-order valence-electron chi connectivity index (χ4n) is 2.28. The third-order valence-electron chi connectivity index (χ3n) is 3.45. The highest BCUT2D eigenvalue weighted by Gasteiger charge is 2.39. The quantitative estimate of drug-likeness (QED) is 0.714. The predicted octanol–water partition coefficient (Wildman–Crippen LogP) is 0.0303. The molecule has 2 rings (SSSR count). The van der Waals surface area contributed by atoms with Crippen molar-refractivity contribution in [2.75, 3.05) is 26.2 Å². The van der Waals surface area contributed by atoms with Crippen LogP contribution in [0.4, 0.5) is 0 Å². The van der Waals surface area contributed by atoms with Gasteiger partial charge in [0.2, 0.25) is 5.91 Å². The topological polar surface area (TPSA) is 49.6 Å². The van der Waals surface area contributed by atoms with Crippen molar-refractivity contribution in [3.05, 3.63) is 0 Å². The molecule has 4 nitrogen and oxygen atoms in total. The molecular weight excluding hydrogens is 190 g/mol. The van der Waals surface area contributed by atoms with Crippen molar-refractivity contribution in [1.82, 2.24) is 9.80 Å². The Hall–Kier alpha value is -0.610. The molecule has 15 heavy (non-hydrogen) atoms. The van der Waals surface area contributed by atoms with Crippen LogP contribution in [0.2, 0.25) is 0 Å². The SMILES string of the molecule is CC1C(=O)N(C2CC2)CCN1CCCN. The van der Waals surface area contributed by atoms with E-state index in [2.05, 4.69) is 9.80 Å². The molecular formula is C11H21N3O. The Labute approximate surface area is 91.4 Å². The third kappa shape index (κ3) is 2.32. The highest BCUT2D eigenvalue weighted by atomic mass is 16.2. The van der Waals surface area contributed by atoms with Crippen LogP contribution in [0.5, 0.6) is 0 Å². The number of nitrogens with two attached hydrogens (primary N) is 1. The van der Waals surface area contributed by atoms with Crippen molar-refractivity contribution in [3.63, 3.8) is 0 Å². The molecule has 2 aliphatic rings. The minimum atomic E-state index is 0.0610. The van der Waals surface area contributed by atoms with Crippen LogP contribution in [-0.4, -0.2) is 54.0 Å². The van der Waals surface area contributed by atoms with Crippen molar-refractivity contribution in [1.29, 1.82) is 0 Å². The Morgan fingerprint density at radius 2 is 2.13 bits per heavy atom. The fourth-order valence-corrected chi connectivity index (χ4v) is 2.28. The molecule has 1 aliphatic heterocycles. The lowest BCUT2D eigenvalue weighted by atomic mass is 10.1. The molecule has 1 saturated heterocycles. The Kier molecular flexibility index (Phi) is 3.26. The maximum absolute atomic E-state index is 12.0. The van der Waals surface area contributed by atoms with Crippen LogP contribution in [0, 0.1) is 0 Å². The Morgan fingerprint density at radius 3 is 2.73 bits per heavy atom. The normalized spacial score (nSPS) is 28.5. The molecule has 1 amide bonds. The van der Waals surface area contributed by atoms with E-state index in [1.54, 1.807) is 0 Å². The summed E-state index contributed by atoms with van der Waals surface area (Å²) in [5.41, 5.74) is 5.49. The van der Waals surface area contributed by atoms with Gasteiger partial charge in [-0.15, -0.1) is 0 Å². The first-order valence-corrected chi connectivity index (χ1v) is 5.98. The summed E-state index contributed by atoms with van der Waals surface area (Å²) in [4.78, 5) is 16.4. The van der Waals surface area contributed by atoms with E-state index in [0.29, 0.717) is 18.5 Å². The molecule has 0 radical (unpaired) electrons. The van der Waals surface area contributed by atoms with Gasteiger partial charge in [0.1, 0.15) is 0 Å². The molecule has 2 fully saturated rings. The molecule has 0 bridgehead atoms. The van der Waals surface area contributed by atoms with E-state index in [4.69, 9.17) is 5.73 Å². The Morgan fingerprint density at radius 1 is 1.40 bits per heavy atom. The second kappa shape index (κ2) is 4.49. The molecule has 2 N–H and O–H groups in total. The summed E-state index contributed by atoms with van der Waals surface area (Å²) >= 11 is 0. The van der Waals surface area contributed by atoms with Crippen molar-refractivity contribution in [3.8, 4) is 0 Å². The molecule has 86 valence electrons. The number of carbonyl (C=O) groups excluding carboxylic acids is 1. The van der Waals surface area contributed by atoms with Crippen molar-refractivity contribution >= 4 is 5.91 Å². The Balaban J connectivity index is 1.88. The van der Waals surface area contributed by atoms with E-state index < -0.39 is 0 Å². The van der Waals surface area contributed by atoms with Gasteiger partial charge in [0, 0.05) is 25.7 Å². The fraction of sp³-hybridized carbons (Fsp3) is 0.909. The van der Waals surface area contributed by atoms with E-state index in [0.717, 1.165) is 26.1 Å². The monoisotopic (exact) mass is 211 g/mol. The number of piperazine rings is 1. The van der Waals surface area contributed by atoms with Crippen LogP contribution in [0.3, 0.4) is 0 Å². The minimum absolute atomic E-state index is 0.0610. The summed E-state index contributed by atoms with van der Waals surface area (Å²) in [6.45, 7) is 5.63. The minimum Gasteiger partial charge on any atom is -0.337 e. The zero-order chi connectivity index (χ0) is 10.8. The van der Waals surface area contributed by atoms with Gasteiger partial charge in [-0.2, -0.15) is 0 Å². The van der Waals surface area contributed by atoms with Crippen LogP contribution >= 0.6 is 0 Å². The summed E-state index contributed by atoms with van der Waals surface area (Å²) in [6.07, 6.45) is 3.41. The van der Waals surface area contributed by atoms with Crippen LogP contribution in [-0.2, 0) is 4.79 Å². The highest BCUT2D eigenvalue weighted by molar-refractivity contribution is 5.82. The van der Waals surface area contributed by atoms with Crippen LogP contribution in [0.1, 0.15) is 26.2 Å². The summed E-state index contributed by atoms with van der Waals surface area (Å²) in [5, 5.41) is 0. The van der Waals surface area contributed by atoms with E-state index in [-0.39, 0.29) is 6.04 Å². The smallest absolute Gasteiger partial charge is 0.239 e. The molecule has 0 aromatic rings. The zero-order valence-electron chi connectivity index (χ0n) is 9.48. The molecule has 1 saturated carbocycles. The summed E-state index contributed by atoms with van der Waals surface area (Å²) in [7, 11) is 0. The maximum Gasteiger partial charge on any atom is 0.239 e. The standard InChI is InChI=1S/C11H21N3O/c1-9-11(15)14(10-3-4-10)8-7-13(9)6-2-5-12/h9-10H,2-8,12H2,1H3. The average Bonchev–Trinajstić information content (AvgIpc) is 3.04. The molecule has 4 heteroatoms. The lowest BCUT2D eigenvalue weighted by molar-refractivity contribution is -0.141. The number of rotatable bonds is 4. The second-order valence-corrected chi connectivity index (χ2v) is 4.62. The molecule has 0 spiro atoms. The van der Waals surface area contributed by atoms with E-state index in [1.165, 1.54) is 12.8 Å². The second-order valence-electron chi connectivity index (χ2n) is 4.62. The van der Waals surface area contributed by atoms with E-state index >= 15 is 0 Å². The average molecular weight is 211 g/mol. The van der Waals surface area contributed by atoms with Crippen molar-refractivity contribution in [2.45, 2.75) is 38.3 Å². The molecule has 1 atom stereocenters. The Bertz CT molecular complexity index is 240. The third-order valence-corrected chi connectivity index (χ3v) is 3.45. The van der Waals surface area contributed by atoms with Gasteiger partial charge in [0.05, 0.1) is 6.04 Å². The van der Waals surface area contributed by atoms with Gasteiger partial charge < -0.3 is 10.6 Å². The van der Waals surface area contributed by atoms with Gasteiger partial charge >= 0.3 is 0 Å². The number of hydrogen-bond acceptors (Lipinski definition) is 3. The van der Waals surface area contributed by atoms with Gasteiger partial charge in [0.25, 0.3) is 0 Å². The number of nitrogens with zero attached hydrogens (tertiary/aromatic N) is 2. The summed E-state index contributed by atoms with van der Waals surface area (Å²) in [6, 6.07) is 0.627. The van der Waals surface area contributed by atoms with Gasteiger partial charge in [0.15, 0.2) is 0 Å². The maximum atomic E-state index is 12.0. The van der Waals surface area contributed by atoms with Gasteiger partial charge in [-0.1, -0.05) is 0 Å². The van der Waals surface area contributed by atoms with Crippen LogP contribution in [0.15, 0.2) is 0 Å². The lowest BCUT2D eigenvalue weighted by Gasteiger charge is -2.39. The van der Waals surface area contributed by atoms with Crippen LogP contribution in [0.25, 0.3) is 0 Å². The molecule has 1 unspecified atom stereocenters. The number of hydrogen-bond donors (Lipinski definition) is 1. The number of amides is 1. The molecule has 0 aromatic heterocycles. The number of carbonyl (C=O) groups is 1. The summed E-state index contributed by atoms with van der Waals surface area (Å²) < 4.78 is 0. The van der Waals surface area contributed by atoms with E-state index in [9.17, 15) is 4.79 Å². The van der Waals surface area contributed by atoms with Gasteiger partial charge in [-0.05, 0) is 32.7 Å². The van der Waals surface area contributed by atoms with Gasteiger partial charge in [-0.3, -0.25) is 9.69 Å². The van der Waals surface area contributed by atoms with Crippen molar-refractivity contribution < 1.29 is 4.79 Å². The lowest BCUT2D eigenvalue weighted by Crippen LogP contribution is -2.56. The predicted molar refractivity (Wildman–Crippen MR) is 59.4 cm³/mol. The van der Waals surface area contributed by atoms with Gasteiger partial charge in [-0.25, -0.2) is 0 Å². The zero-order valence-corrected chi connectivity index (χ0v) is 9.48. The molecule has 0 aromatic carbocycles. The first kappa shape index (κ1) is 10.9. The van der Waals surface area contributed by atoms with Crippen LogP contribution < -0.4 is 5.73 Å². The molecule has 1 aliphatic carbocycles. The largest absolute Gasteiger partial charge is 0.337 e. The van der Waals surface area contributed by atoms with E-state index in [1.807, 2.05) is 6.92 Å². The first-order valence-electron chi connectivity index (χ1n) is 5.98. The molecule has 1 heterocycles. The first-order chi connectivity index (χ1) is 7.24. The van der Waals surface area contributed by atoms with Crippen molar-refractivity contribution in [2.24, 2.45) is 5.73 Å². The summed E-state index contributed by atoms with van der Waals surface area (Å²) in [5.74, 6) is 0.320.